The summed E-state index contributed by atoms with van der Waals surface area (Å²) in [7, 11) is 0. The fraction of sp³-hybridized carbons (Fsp3) is 0.316. The average molecular weight is 337 g/mol. The lowest BCUT2D eigenvalue weighted by molar-refractivity contribution is 0.0981. The van der Waals surface area contributed by atoms with Crippen molar-refractivity contribution >= 4 is 33.8 Å². The number of benzene rings is 1. The molecular formula is C19H19N3OS. The van der Waals surface area contributed by atoms with Crippen molar-refractivity contribution in [2.45, 2.75) is 38.6 Å². The number of aryl methyl sites for hydroxylation is 1. The van der Waals surface area contributed by atoms with Gasteiger partial charge in [0.25, 0.3) is 5.91 Å². The first-order valence-electron chi connectivity index (χ1n) is 8.34. The van der Waals surface area contributed by atoms with Gasteiger partial charge in [0.15, 0.2) is 0 Å². The quantitative estimate of drug-likeness (QED) is 0.702. The van der Waals surface area contributed by atoms with Crippen LogP contribution in [0.1, 0.15) is 40.4 Å². The summed E-state index contributed by atoms with van der Waals surface area (Å²) in [5.41, 5.74) is 1.80. The van der Waals surface area contributed by atoms with Crippen molar-refractivity contribution in [1.29, 1.82) is 0 Å². The fourth-order valence-corrected chi connectivity index (χ4v) is 4.21. The molecule has 0 N–H and O–H groups in total. The highest BCUT2D eigenvalue weighted by Crippen LogP contribution is 2.34. The molecular weight excluding hydrogens is 318 g/mol. The molecule has 0 bridgehead atoms. The van der Waals surface area contributed by atoms with Crippen LogP contribution in [0, 0.1) is 6.92 Å². The Morgan fingerprint density at radius 3 is 2.71 bits per heavy atom. The number of anilines is 1. The van der Waals surface area contributed by atoms with E-state index in [0.29, 0.717) is 4.88 Å². The first kappa shape index (κ1) is 15.3. The van der Waals surface area contributed by atoms with Crippen LogP contribution in [0.3, 0.4) is 0 Å². The maximum atomic E-state index is 13.3. The zero-order valence-electron chi connectivity index (χ0n) is 13.6. The Morgan fingerprint density at radius 2 is 1.96 bits per heavy atom. The molecule has 5 heteroatoms. The van der Waals surface area contributed by atoms with Gasteiger partial charge in [-0.25, -0.2) is 4.98 Å². The maximum Gasteiger partial charge on any atom is 0.270 e. The lowest BCUT2D eigenvalue weighted by atomic mass is 10.1. The predicted octanol–water partition coefficient (Wildman–Crippen LogP) is 4.59. The van der Waals surface area contributed by atoms with Crippen molar-refractivity contribution in [1.82, 2.24) is 9.97 Å². The Labute approximate surface area is 145 Å². The van der Waals surface area contributed by atoms with Crippen molar-refractivity contribution in [3.05, 3.63) is 52.6 Å². The summed E-state index contributed by atoms with van der Waals surface area (Å²) in [5.74, 6) is 0.0469. The second-order valence-corrected chi connectivity index (χ2v) is 7.44. The Bertz CT molecular complexity index is 878. The molecule has 0 unspecified atom stereocenters. The van der Waals surface area contributed by atoms with E-state index in [9.17, 15) is 4.79 Å². The van der Waals surface area contributed by atoms with Crippen molar-refractivity contribution < 1.29 is 4.79 Å². The molecule has 3 aromatic rings. The number of thiazole rings is 1. The minimum Gasteiger partial charge on any atom is -0.302 e. The predicted molar refractivity (Wildman–Crippen MR) is 97.7 cm³/mol. The van der Waals surface area contributed by atoms with Crippen LogP contribution in [-0.4, -0.2) is 21.9 Å². The third-order valence-electron chi connectivity index (χ3n) is 4.61. The van der Waals surface area contributed by atoms with Gasteiger partial charge < -0.3 is 4.90 Å². The minimum absolute atomic E-state index is 0.0469. The summed E-state index contributed by atoms with van der Waals surface area (Å²) in [6, 6.07) is 10.3. The van der Waals surface area contributed by atoms with Crippen LogP contribution < -0.4 is 4.90 Å². The molecule has 0 aliphatic heterocycles. The van der Waals surface area contributed by atoms with Crippen molar-refractivity contribution in [3.63, 3.8) is 0 Å². The zero-order chi connectivity index (χ0) is 16.5. The monoisotopic (exact) mass is 337 g/mol. The highest BCUT2D eigenvalue weighted by atomic mass is 32.1. The number of fused-ring (bicyclic) bond motifs is 1. The summed E-state index contributed by atoms with van der Waals surface area (Å²) < 4.78 is 0. The molecule has 0 atom stereocenters. The van der Waals surface area contributed by atoms with Gasteiger partial charge in [-0.05, 0) is 31.9 Å². The number of para-hydroxylation sites is 1. The SMILES string of the molecule is Cc1ncc(C(=O)N(c2cccc3cccnc23)C2CCCC2)s1. The molecule has 0 saturated heterocycles. The van der Waals surface area contributed by atoms with Gasteiger partial charge in [-0.15, -0.1) is 11.3 Å². The summed E-state index contributed by atoms with van der Waals surface area (Å²) in [5, 5.41) is 1.98. The Kier molecular flexibility index (Phi) is 4.02. The molecule has 0 spiro atoms. The number of carbonyl (C=O) groups excluding carboxylic acids is 1. The van der Waals surface area contributed by atoms with Gasteiger partial charge in [0.05, 0.1) is 22.4 Å². The van der Waals surface area contributed by atoms with Crippen molar-refractivity contribution in [3.8, 4) is 0 Å². The van der Waals surface area contributed by atoms with E-state index >= 15 is 0 Å². The summed E-state index contributed by atoms with van der Waals surface area (Å²) in [6.07, 6.45) is 7.94. The van der Waals surface area contributed by atoms with Gasteiger partial charge in [-0.1, -0.05) is 31.0 Å². The van der Waals surface area contributed by atoms with Crippen LogP contribution in [0.15, 0.2) is 42.7 Å². The second-order valence-electron chi connectivity index (χ2n) is 6.21. The molecule has 2 heterocycles. The number of amides is 1. The summed E-state index contributed by atoms with van der Waals surface area (Å²) in [4.78, 5) is 24.7. The summed E-state index contributed by atoms with van der Waals surface area (Å²) >= 11 is 1.46. The third kappa shape index (κ3) is 2.69. The number of carbonyl (C=O) groups is 1. The molecule has 1 amide bonds. The molecule has 1 aliphatic carbocycles. The van der Waals surface area contributed by atoms with Gasteiger partial charge in [-0.2, -0.15) is 0 Å². The largest absolute Gasteiger partial charge is 0.302 e. The highest BCUT2D eigenvalue weighted by Gasteiger charge is 2.31. The molecule has 1 saturated carbocycles. The second kappa shape index (κ2) is 6.32. The summed E-state index contributed by atoms with van der Waals surface area (Å²) in [6.45, 7) is 1.93. The van der Waals surface area contributed by atoms with E-state index in [4.69, 9.17) is 0 Å². The first-order chi connectivity index (χ1) is 11.7. The molecule has 122 valence electrons. The normalized spacial score (nSPS) is 15.0. The van der Waals surface area contributed by atoms with Gasteiger partial charge >= 0.3 is 0 Å². The van der Waals surface area contributed by atoms with E-state index in [1.165, 1.54) is 24.2 Å². The van der Waals surface area contributed by atoms with Gasteiger partial charge in [0, 0.05) is 17.6 Å². The molecule has 24 heavy (non-hydrogen) atoms. The molecule has 4 nitrogen and oxygen atoms in total. The van der Waals surface area contributed by atoms with Crippen LogP contribution in [0.5, 0.6) is 0 Å². The fourth-order valence-electron chi connectivity index (χ4n) is 3.50. The van der Waals surface area contributed by atoms with Crippen LogP contribution in [0.2, 0.25) is 0 Å². The number of rotatable bonds is 3. The number of nitrogens with zero attached hydrogens (tertiary/aromatic N) is 3. The Balaban J connectivity index is 1.84. The van der Waals surface area contributed by atoms with Gasteiger partial charge in [0.2, 0.25) is 0 Å². The van der Waals surface area contributed by atoms with E-state index in [1.807, 2.05) is 42.2 Å². The van der Waals surface area contributed by atoms with Crippen LogP contribution >= 0.6 is 11.3 Å². The standard InChI is InChI=1S/C19H19N3OS/c1-13-21-12-17(24-13)19(23)22(15-8-2-3-9-15)16-10-4-6-14-7-5-11-20-18(14)16/h4-7,10-12,15H,2-3,8-9H2,1H3. The number of hydrogen-bond acceptors (Lipinski definition) is 4. The van der Waals surface area contributed by atoms with E-state index < -0.39 is 0 Å². The topological polar surface area (TPSA) is 46.1 Å². The lowest BCUT2D eigenvalue weighted by Gasteiger charge is -2.29. The smallest absolute Gasteiger partial charge is 0.270 e. The molecule has 1 aliphatic rings. The molecule has 4 rings (SSSR count). The number of aromatic nitrogens is 2. The van der Waals surface area contributed by atoms with E-state index in [2.05, 4.69) is 9.97 Å². The van der Waals surface area contributed by atoms with Crippen LogP contribution in [-0.2, 0) is 0 Å². The Morgan fingerprint density at radius 1 is 1.17 bits per heavy atom. The zero-order valence-corrected chi connectivity index (χ0v) is 14.4. The Hall–Kier alpha value is -2.27. The number of hydrogen-bond donors (Lipinski definition) is 0. The number of pyridine rings is 1. The van der Waals surface area contributed by atoms with E-state index in [-0.39, 0.29) is 11.9 Å². The minimum atomic E-state index is 0.0469. The lowest BCUT2D eigenvalue weighted by Crippen LogP contribution is -2.38. The van der Waals surface area contributed by atoms with Crippen molar-refractivity contribution in [2.24, 2.45) is 0 Å². The molecule has 1 aromatic carbocycles. The van der Waals surface area contributed by atoms with Crippen molar-refractivity contribution in [2.75, 3.05) is 4.90 Å². The maximum absolute atomic E-state index is 13.3. The average Bonchev–Trinajstić information content (AvgIpc) is 3.27. The van der Waals surface area contributed by atoms with Crippen LogP contribution in [0.4, 0.5) is 5.69 Å². The highest BCUT2D eigenvalue weighted by molar-refractivity contribution is 7.13. The van der Waals surface area contributed by atoms with Gasteiger partial charge in [-0.3, -0.25) is 9.78 Å². The third-order valence-corrected chi connectivity index (χ3v) is 5.51. The van der Waals surface area contributed by atoms with E-state index in [0.717, 1.165) is 34.4 Å². The van der Waals surface area contributed by atoms with Gasteiger partial charge in [0.1, 0.15) is 4.88 Å². The van der Waals surface area contributed by atoms with E-state index in [1.54, 1.807) is 12.4 Å². The first-order valence-corrected chi connectivity index (χ1v) is 9.15. The van der Waals surface area contributed by atoms with Crippen LogP contribution in [0.25, 0.3) is 10.9 Å². The molecule has 0 radical (unpaired) electrons. The molecule has 1 fully saturated rings. The molecule has 2 aromatic heterocycles.